The molecule has 86 valence electrons. The van der Waals surface area contributed by atoms with E-state index in [1.54, 1.807) is 12.1 Å². The van der Waals surface area contributed by atoms with Gasteiger partial charge in [-0.1, -0.05) is 0 Å². The van der Waals surface area contributed by atoms with Crippen molar-refractivity contribution in [2.24, 2.45) is 7.05 Å². The van der Waals surface area contributed by atoms with Crippen LogP contribution in [0.4, 0.5) is 4.39 Å². The van der Waals surface area contributed by atoms with Crippen molar-refractivity contribution in [2.75, 3.05) is 0 Å². The fraction of sp³-hybridized carbons (Fsp3) is 0.167. The first-order chi connectivity index (χ1) is 8.13. The third-order valence-electron chi connectivity index (χ3n) is 2.44. The van der Waals surface area contributed by atoms with Gasteiger partial charge in [0.05, 0.1) is 18.2 Å². The zero-order chi connectivity index (χ0) is 12.4. The Labute approximate surface area is 107 Å². The summed E-state index contributed by atoms with van der Waals surface area (Å²) >= 11 is 3.39. The summed E-state index contributed by atoms with van der Waals surface area (Å²) in [5, 5.41) is 8.68. The second-order valence-electron chi connectivity index (χ2n) is 3.57. The number of imidazole rings is 1. The van der Waals surface area contributed by atoms with Gasteiger partial charge in [-0.15, -0.1) is 0 Å². The number of nitriles is 1. The van der Waals surface area contributed by atoms with E-state index in [-0.39, 0.29) is 12.2 Å². The zero-order valence-corrected chi connectivity index (χ0v) is 10.7. The van der Waals surface area contributed by atoms with Crippen molar-refractivity contribution < 1.29 is 4.39 Å². The smallest absolute Gasteiger partial charge is 0.140 e. The molecule has 17 heavy (non-hydrogen) atoms. The summed E-state index contributed by atoms with van der Waals surface area (Å²) in [7, 11) is 1.84. The van der Waals surface area contributed by atoms with Gasteiger partial charge >= 0.3 is 0 Å². The average Bonchev–Trinajstić information content (AvgIpc) is 2.59. The van der Waals surface area contributed by atoms with Crippen molar-refractivity contribution in [3.63, 3.8) is 0 Å². The molecular formula is C12H9BrFN3. The summed E-state index contributed by atoms with van der Waals surface area (Å²) in [6, 6.07) is 8.18. The normalized spacial score (nSPS) is 10.2. The second-order valence-corrected chi connectivity index (χ2v) is 4.32. The largest absolute Gasteiger partial charge is 0.322 e. The quantitative estimate of drug-likeness (QED) is 0.854. The summed E-state index contributed by atoms with van der Waals surface area (Å²) < 4.78 is 15.4. The van der Waals surface area contributed by atoms with Crippen LogP contribution in [0.25, 0.3) is 11.4 Å². The van der Waals surface area contributed by atoms with Gasteiger partial charge in [0.1, 0.15) is 16.2 Å². The van der Waals surface area contributed by atoms with Crippen molar-refractivity contribution in [1.82, 2.24) is 9.55 Å². The highest BCUT2D eigenvalue weighted by molar-refractivity contribution is 9.10. The third-order valence-corrected chi connectivity index (χ3v) is 3.43. The molecule has 3 nitrogen and oxygen atoms in total. The van der Waals surface area contributed by atoms with Crippen LogP contribution in [-0.2, 0) is 13.5 Å². The lowest BCUT2D eigenvalue weighted by molar-refractivity contribution is 0.628. The fourth-order valence-electron chi connectivity index (χ4n) is 1.58. The van der Waals surface area contributed by atoms with Crippen LogP contribution in [-0.4, -0.2) is 9.55 Å². The molecule has 0 aliphatic rings. The van der Waals surface area contributed by atoms with Crippen LogP contribution < -0.4 is 0 Å². The lowest BCUT2D eigenvalue weighted by atomic mass is 10.2. The number of rotatable bonds is 2. The van der Waals surface area contributed by atoms with E-state index >= 15 is 0 Å². The van der Waals surface area contributed by atoms with Gasteiger partial charge in [-0.05, 0) is 40.2 Å². The van der Waals surface area contributed by atoms with Gasteiger partial charge in [0.25, 0.3) is 0 Å². The van der Waals surface area contributed by atoms with Crippen LogP contribution in [0.15, 0.2) is 28.9 Å². The molecule has 0 amide bonds. The second kappa shape index (κ2) is 4.68. The lowest BCUT2D eigenvalue weighted by Gasteiger charge is -2.01. The van der Waals surface area contributed by atoms with Crippen LogP contribution >= 0.6 is 15.9 Å². The molecule has 2 rings (SSSR count). The Morgan fingerprint density at radius 2 is 2.06 bits per heavy atom. The van der Waals surface area contributed by atoms with Crippen LogP contribution in [0.5, 0.6) is 0 Å². The van der Waals surface area contributed by atoms with E-state index in [0.29, 0.717) is 11.5 Å². The van der Waals surface area contributed by atoms with Gasteiger partial charge in [-0.3, -0.25) is 0 Å². The van der Waals surface area contributed by atoms with E-state index in [1.165, 1.54) is 12.1 Å². The molecule has 0 atom stereocenters. The minimum Gasteiger partial charge on any atom is -0.322 e. The molecule has 0 aliphatic carbocycles. The minimum atomic E-state index is -0.278. The van der Waals surface area contributed by atoms with E-state index in [9.17, 15) is 4.39 Å². The SMILES string of the molecule is Cn1c(-c2ccc(F)cc2)nc(CC#N)c1Br. The Bertz CT molecular complexity index is 581. The Kier molecular flexibility index (Phi) is 3.25. The summed E-state index contributed by atoms with van der Waals surface area (Å²) in [6.45, 7) is 0. The fourth-order valence-corrected chi connectivity index (χ4v) is 1.98. The van der Waals surface area contributed by atoms with Gasteiger partial charge in [0.15, 0.2) is 0 Å². The van der Waals surface area contributed by atoms with Crippen LogP contribution in [0.3, 0.4) is 0 Å². The Morgan fingerprint density at radius 1 is 1.41 bits per heavy atom. The number of hydrogen-bond acceptors (Lipinski definition) is 2. The van der Waals surface area contributed by atoms with Gasteiger partial charge in [-0.25, -0.2) is 9.37 Å². The Morgan fingerprint density at radius 3 is 2.65 bits per heavy atom. The molecule has 0 aliphatic heterocycles. The Balaban J connectivity index is 2.49. The average molecular weight is 294 g/mol. The molecule has 0 bridgehead atoms. The third kappa shape index (κ3) is 2.22. The molecule has 2 aromatic rings. The number of nitrogens with zero attached hydrogens (tertiary/aromatic N) is 3. The van der Waals surface area contributed by atoms with Gasteiger partial charge in [0.2, 0.25) is 0 Å². The molecular weight excluding hydrogens is 285 g/mol. The van der Waals surface area contributed by atoms with Crippen molar-refractivity contribution in [1.29, 1.82) is 5.26 Å². The summed E-state index contributed by atoms with van der Waals surface area (Å²) in [5.41, 5.74) is 1.51. The molecule has 1 aromatic heterocycles. The van der Waals surface area contributed by atoms with Crippen molar-refractivity contribution >= 4 is 15.9 Å². The Hall–Kier alpha value is -1.67. The highest BCUT2D eigenvalue weighted by Crippen LogP contribution is 2.25. The summed E-state index contributed by atoms with van der Waals surface area (Å²) in [4.78, 5) is 4.37. The molecule has 0 saturated carbocycles. The van der Waals surface area contributed by atoms with E-state index in [4.69, 9.17) is 5.26 Å². The van der Waals surface area contributed by atoms with E-state index in [1.807, 2.05) is 11.6 Å². The number of benzene rings is 1. The highest BCUT2D eigenvalue weighted by Gasteiger charge is 2.13. The molecule has 1 heterocycles. The highest BCUT2D eigenvalue weighted by atomic mass is 79.9. The molecule has 5 heteroatoms. The van der Waals surface area contributed by atoms with Crippen molar-refractivity contribution in [3.8, 4) is 17.5 Å². The topological polar surface area (TPSA) is 41.6 Å². The van der Waals surface area contributed by atoms with E-state index in [0.717, 1.165) is 10.2 Å². The predicted molar refractivity (Wildman–Crippen MR) is 65.6 cm³/mol. The molecule has 0 unspecified atom stereocenters. The first kappa shape index (κ1) is 11.8. The van der Waals surface area contributed by atoms with Crippen LogP contribution in [0.2, 0.25) is 0 Å². The first-order valence-corrected chi connectivity index (χ1v) is 5.76. The van der Waals surface area contributed by atoms with Crippen molar-refractivity contribution in [2.45, 2.75) is 6.42 Å². The summed E-state index contributed by atoms with van der Waals surface area (Å²) in [6.07, 6.45) is 0.246. The maximum absolute atomic E-state index is 12.8. The molecule has 1 aromatic carbocycles. The number of hydrogen-bond donors (Lipinski definition) is 0. The monoisotopic (exact) mass is 293 g/mol. The molecule has 0 saturated heterocycles. The maximum atomic E-state index is 12.8. The van der Waals surface area contributed by atoms with Crippen LogP contribution in [0.1, 0.15) is 5.69 Å². The van der Waals surface area contributed by atoms with Gasteiger partial charge in [0, 0.05) is 12.6 Å². The van der Waals surface area contributed by atoms with E-state index in [2.05, 4.69) is 27.0 Å². The molecule has 0 fully saturated rings. The number of halogens is 2. The standard InChI is InChI=1S/C12H9BrFN3/c1-17-11(13)10(6-7-15)16-12(17)8-2-4-9(14)5-3-8/h2-5H,6H2,1H3. The maximum Gasteiger partial charge on any atom is 0.140 e. The number of aromatic nitrogens is 2. The molecule has 0 spiro atoms. The van der Waals surface area contributed by atoms with Gasteiger partial charge in [-0.2, -0.15) is 5.26 Å². The molecule has 0 N–H and O–H groups in total. The van der Waals surface area contributed by atoms with Gasteiger partial charge < -0.3 is 4.57 Å². The predicted octanol–water partition coefficient (Wildman–Crippen LogP) is 3.05. The van der Waals surface area contributed by atoms with E-state index < -0.39 is 0 Å². The first-order valence-electron chi connectivity index (χ1n) is 4.97. The summed E-state index contributed by atoms with van der Waals surface area (Å²) in [5.74, 6) is 0.432. The van der Waals surface area contributed by atoms with Crippen molar-refractivity contribution in [3.05, 3.63) is 40.4 Å². The zero-order valence-electron chi connectivity index (χ0n) is 9.11. The van der Waals surface area contributed by atoms with Crippen LogP contribution in [0, 0.1) is 17.1 Å². The molecule has 0 radical (unpaired) electrons. The lowest BCUT2D eigenvalue weighted by Crippen LogP contribution is -1.92. The minimum absolute atomic E-state index is 0.246.